The van der Waals surface area contributed by atoms with Gasteiger partial charge in [-0.15, -0.1) is 0 Å². The first kappa shape index (κ1) is 16.1. The Balaban J connectivity index is 1.60. The number of imide groups is 1. The quantitative estimate of drug-likeness (QED) is 0.786. The molecular formula is C16H15ClN2O3S. The van der Waals surface area contributed by atoms with Gasteiger partial charge >= 0.3 is 0 Å². The molecule has 3 amide bonds. The third-order valence-corrected chi connectivity index (χ3v) is 5.00. The van der Waals surface area contributed by atoms with Crippen LogP contribution in [0.2, 0.25) is 5.02 Å². The second kappa shape index (κ2) is 6.76. The summed E-state index contributed by atoms with van der Waals surface area (Å²) in [5.74, 6) is -0.0649. The van der Waals surface area contributed by atoms with Gasteiger partial charge in [-0.25, -0.2) is 0 Å². The number of thioether (sulfide) groups is 1. The van der Waals surface area contributed by atoms with Gasteiger partial charge in [-0.3, -0.25) is 19.3 Å². The molecule has 1 unspecified atom stereocenters. The summed E-state index contributed by atoms with van der Waals surface area (Å²) in [4.78, 5) is 38.7. The van der Waals surface area contributed by atoms with E-state index in [9.17, 15) is 14.4 Å². The zero-order chi connectivity index (χ0) is 16.4. The van der Waals surface area contributed by atoms with E-state index in [1.807, 2.05) is 12.1 Å². The Morgan fingerprint density at radius 3 is 2.65 bits per heavy atom. The van der Waals surface area contributed by atoms with Crippen molar-refractivity contribution in [1.82, 2.24) is 9.80 Å². The van der Waals surface area contributed by atoms with Crippen molar-refractivity contribution in [2.45, 2.75) is 12.5 Å². The molecule has 1 atom stereocenters. The number of rotatable bonds is 3. The Hall–Kier alpha value is -1.79. The SMILES string of the molecule is O=C(/C=C/c1ccc(Cl)cc1)N1CCC(N2C(=O)CSC2=O)C1. The van der Waals surface area contributed by atoms with Gasteiger partial charge in [0.25, 0.3) is 5.24 Å². The number of carbonyl (C=O) groups excluding carboxylic acids is 3. The van der Waals surface area contributed by atoms with Crippen molar-refractivity contribution in [1.29, 1.82) is 0 Å². The van der Waals surface area contributed by atoms with E-state index in [4.69, 9.17) is 11.6 Å². The summed E-state index contributed by atoms with van der Waals surface area (Å²) in [6.07, 6.45) is 3.88. The zero-order valence-electron chi connectivity index (χ0n) is 12.3. The fraction of sp³-hybridized carbons (Fsp3) is 0.312. The number of halogens is 1. The van der Waals surface area contributed by atoms with E-state index in [1.54, 1.807) is 23.1 Å². The third-order valence-electron chi connectivity index (χ3n) is 3.91. The molecule has 0 bridgehead atoms. The molecule has 0 spiro atoms. The number of hydrogen-bond acceptors (Lipinski definition) is 4. The van der Waals surface area contributed by atoms with Crippen LogP contribution in [0.4, 0.5) is 4.79 Å². The molecule has 120 valence electrons. The average Bonchev–Trinajstić information content (AvgIpc) is 3.13. The summed E-state index contributed by atoms with van der Waals surface area (Å²) in [5.41, 5.74) is 0.889. The first-order chi connectivity index (χ1) is 11.0. The van der Waals surface area contributed by atoms with Crippen LogP contribution in [0, 0.1) is 0 Å². The summed E-state index contributed by atoms with van der Waals surface area (Å²) in [5, 5.41) is 0.444. The normalized spacial score (nSPS) is 21.7. The minimum atomic E-state index is -0.203. The lowest BCUT2D eigenvalue weighted by Gasteiger charge is -2.21. The second-order valence-corrected chi connectivity index (χ2v) is 6.79. The second-order valence-electron chi connectivity index (χ2n) is 5.43. The number of carbonyl (C=O) groups is 3. The van der Waals surface area contributed by atoms with E-state index in [1.165, 1.54) is 11.0 Å². The van der Waals surface area contributed by atoms with Crippen molar-refractivity contribution in [3.8, 4) is 0 Å². The van der Waals surface area contributed by atoms with Crippen molar-refractivity contribution >= 4 is 46.5 Å². The molecule has 1 aromatic rings. The van der Waals surface area contributed by atoms with Crippen molar-refractivity contribution in [3.63, 3.8) is 0 Å². The van der Waals surface area contributed by atoms with Crippen LogP contribution in [0.15, 0.2) is 30.3 Å². The number of amides is 3. The third kappa shape index (κ3) is 3.59. The highest BCUT2D eigenvalue weighted by molar-refractivity contribution is 8.14. The van der Waals surface area contributed by atoms with Crippen LogP contribution < -0.4 is 0 Å². The van der Waals surface area contributed by atoms with Gasteiger partial charge in [0, 0.05) is 24.2 Å². The molecule has 3 rings (SSSR count). The van der Waals surface area contributed by atoms with E-state index < -0.39 is 0 Å². The molecule has 2 fully saturated rings. The maximum atomic E-state index is 12.2. The first-order valence-electron chi connectivity index (χ1n) is 7.26. The molecule has 23 heavy (non-hydrogen) atoms. The maximum Gasteiger partial charge on any atom is 0.289 e. The Kier molecular flexibility index (Phi) is 4.73. The van der Waals surface area contributed by atoms with Crippen LogP contribution in [-0.4, -0.2) is 51.7 Å². The molecule has 0 radical (unpaired) electrons. The number of benzene rings is 1. The fourth-order valence-corrected chi connectivity index (χ4v) is 3.62. The van der Waals surface area contributed by atoms with Crippen LogP contribution in [0.1, 0.15) is 12.0 Å². The smallest absolute Gasteiger partial charge is 0.289 e. The molecule has 0 saturated carbocycles. The molecule has 7 heteroatoms. The molecular weight excluding hydrogens is 336 g/mol. The van der Waals surface area contributed by atoms with E-state index in [-0.39, 0.29) is 28.8 Å². The van der Waals surface area contributed by atoms with Gasteiger partial charge < -0.3 is 4.90 Å². The van der Waals surface area contributed by atoms with Gasteiger partial charge in [0.1, 0.15) is 0 Å². The molecule has 0 aliphatic carbocycles. The van der Waals surface area contributed by atoms with Crippen molar-refractivity contribution < 1.29 is 14.4 Å². The summed E-state index contributed by atoms with van der Waals surface area (Å²) in [6.45, 7) is 0.956. The van der Waals surface area contributed by atoms with Crippen LogP contribution >= 0.6 is 23.4 Å². The zero-order valence-corrected chi connectivity index (χ0v) is 13.8. The topological polar surface area (TPSA) is 57.7 Å². The highest BCUT2D eigenvalue weighted by Gasteiger charge is 2.39. The predicted octanol–water partition coefficient (Wildman–Crippen LogP) is 2.65. The monoisotopic (exact) mass is 350 g/mol. The number of nitrogens with zero attached hydrogens (tertiary/aromatic N) is 2. The molecule has 2 heterocycles. The molecule has 2 saturated heterocycles. The van der Waals surface area contributed by atoms with Crippen molar-refractivity contribution in [2.24, 2.45) is 0 Å². The van der Waals surface area contributed by atoms with Crippen LogP contribution in [0.5, 0.6) is 0 Å². The molecule has 0 N–H and O–H groups in total. The summed E-state index contributed by atoms with van der Waals surface area (Å²) >= 11 is 6.85. The predicted molar refractivity (Wildman–Crippen MR) is 90.2 cm³/mol. The average molecular weight is 351 g/mol. The van der Waals surface area contributed by atoms with Gasteiger partial charge in [-0.2, -0.15) is 0 Å². The molecule has 0 aromatic heterocycles. The number of hydrogen-bond donors (Lipinski definition) is 0. The highest BCUT2D eigenvalue weighted by Crippen LogP contribution is 2.26. The van der Waals surface area contributed by atoms with Crippen LogP contribution in [0.3, 0.4) is 0 Å². The Morgan fingerprint density at radius 2 is 2.00 bits per heavy atom. The van der Waals surface area contributed by atoms with Crippen LogP contribution in [-0.2, 0) is 9.59 Å². The lowest BCUT2D eigenvalue weighted by atomic mass is 10.2. The van der Waals surface area contributed by atoms with E-state index in [0.29, 0.717) is 24.5 Å². The lowest BCUT2D eigenvalue weighted by Crippen LogP contribution is -2.41. The maximum absolute atomic E-state index is 12.2. The van der Waals surface area contributed by atoms with E-state index in [2.05, 4.69) is 0 Å². The summed E-state index contributed by atoms with van der Waals surface area (Å²) < 4.78 is 0. The minimum absolute atomic E-state index is 0.116. The van der Waals surface area contributed by atoms with Gasteiger partial charge in [0.05, 0.1) is 11.8 Å². The molecule has 2 aliphatic heterocycles. The van der Waals surface area contributed by atoms with Crippen molar-refractivity contribution in [2.75, 3.05) is 18.8 Å². The Bertz CT molecular complexity index is 658. The van der Waals surface area contributed by atoms with Crippen LogP contribution in [0.25, 0.3) is 6.08 Å². The number of likely N-dealkylation sites (tertiary alicyclic amines) is 1. The van der Waals surface area contributed by atoms with Gasteiger partial charge in [-0.1, -0.05) is 35.5 Å². The van der Waals surface area contributed by atoms with Gasteiger partial charge in [-0.05, 0) is 30.2 Å². The molecule has 2 aliphatic rings. The summed E-state index contributed by atoms with van der Waals surface area (Å²) in [7, 11) is 0. The molecule has 5 nitrogen and oxygen atoms in total. The molecule has 1 aromatic carbocycles. The van der Waals surface area contributed by atoms with Gasteiger partial charge in [0.15, 0.2) is 0 Å². The minimum Gasteiger partial charge on any atom is -0.337 e. The first-order valence-corrected chi connectivity index (χ1v) is 8.62. The fourth-order valence-electron chi connectivity index (χ4n) is 2.72. The van der Waals surface area contributed by atoms with E-state index >= 15 is 0 Å². The van der Waals surface area contributed by atoms with Gasteiger partial charge in [0.2, 0.25) is 11.8 Å². The standard InChI is InChI=1S/C16H15ClN2O3S/c17-12-4-1-11(2-5-12)3-6-14(20)18-8-7-13(9-18)19-15(21)10-23-16(19)22/h1-6,13H,7-10H2/b6-3+. The largest absolute Gasteiger partial charge is 0.337 e. The Morgan fingerprint density at radius 1 is 1.26 bits per heavy atom. The van der Waals surface area contributed by atoms with E-state index in [0.717, 1.165) is 17.3 Å². The highest BCUT2D eigenvalue weighted by atomic mass is 35.5. The van der Waals surface area contributed by atoms with Crippen molar-refractivity contribution in [3.05, 3.63) is 40.9 Å². The lowest BCUT2D eigenvalue weighted by molar-refractivity contribution is -0.128. The summed E-state index contributed by atoms with van der Waals surface area (Å²) in [6, 6.07) is 6.99. The Labute approximate surface area is 143 Å².